The number of hydrogen-bond donors (Lipinski definition) is 2. The Bertz CT molecular complexity index is 571. The van der Waals surface area contributed by atoms with Gasteiger partial charge in [-0.05, 0) is 67.6 Å². The minimum atomic E-state index is -1.31. The van der Waals surface area contributed by atoms with Crippen LogP contribution in [-0.2, 0) is 4.79 Å². The van der Waals surface area contributed by atoms with Gasteiger partial charge >= 0.3 is 0 Å². The average Bonchev–Trinajstić information content (AvgIpc) is 2.87. The van der Waals surface area contributed by atoms with Crippen LogP contribution in [0.4, 0.5) is 0 Å². The number of carbonyl (C=O) groups excluding carboxylic acids is 1. The van der Waals surface area contributed by atoms with Crippen LogP contribution in [0.1, 0.15) is 65.2 Å². The summed E-state index contributed by atoms with van der Waals surface area (Å²) in [6, 6.07) is 0. The molecule has 4 aliphatic rings. The smallest absolute Gasteiger partial charge is 0.165 e. The zero-order chi connectivity index (χ0) is 17.3. The highest BCUT2D eigenvalue weighted by molar-refractivity contribution is 5.89. The first-order chi connectivity index (χ1) is 11.3. The zero-order valence-electron chi connectivity index (χ0n) is 15.1. The molecule has 0 aromatic heterocycles. The summed E-state index contributed by atoms with van der Waals surface area (Å²) in [4.78, 5) is 13.0. The van der Waals surface area contributed by atoms with Crippen LogP contribution < -0.4 is 0 Å². The van der Waals surface area contributed by atoms with Crippen LogP contribution >= 0.6 is 0 Å². The number of aliphatic hydroxyl groups excluding tert-OH is 1. The van der Waals surface area contributed by atoms with Gasteiger partial charge in [0.05, 0.1) is 6.10 Å². The molecule has 8 unspecified atom stereocenters. The molecule has 4 rings (SSSR count). The van der Waals surface area contributed by atoms with Gasteiger partial charge in [-0.2, -0.15) is 0 Å². The molecule has 0 heterocycles. The first-order valence-electron chi connectivity index (χ1n) is 9.82. The van der Waals surface area contributed by atoms with E-state index < -0.39 is 11.7 Å². The number of carbonyl (C=O) groups is 1. The van der Waals surface area contributed by atoms with Crippen LogP contribution in [0.3, 0.4) is 0 Å². The first kappa shape index (κ1) is 16.8. The highest BCUT2D eigenvalue weighted by atomic mass is 16.3. The molecule has 0 aromatic carbocycles. The second kappa shape index (κ2) is 5.17. The highest BCUT2D eigenvalue weighted by Gasteiger charge is 2.67. The molecule has 0 spiro atoms. The van der Waals surface area contributed by atoms with Crippen molar-refractivity contribution in [3.63, 3.8) is 0 Å². The Hall–Kier alpha value is -0.670. The van der Waals surface area contributed by atoms with Gasteiger partial charge in [0, 0.05) is 18.3 Å². The normalized spacial score (nSPS) is 57.0. The van der Waals surface area contributed by atoms with Crippen molar-refractivity contribution in [2.24, 2.45) is 34.5 Å². The van der Waals surface area contributed by atoms with Gasteiger partial charge in [-0.1, -0.05) is 19.9 Å². The van der Waals surface area contributed by atoms with Crippen LogP contribution in [0.5, 0.6) is 0 Å². The highest BCUT2D eigenvalue weighted by Crippen LogP contribution is 2.67. The van der Waals surface area contributed by atoms with Gasteiger partial charge in [0.2, 0.25) is 0 Å². The predicted molar refractivity (Wildman–Crippen MR) is 93.3 cm³/mol. The third-order valence-electron chi connectivity index (χ3n) is 8.97. The lowest BCUT2D eigenvalue weighted by atomic mass is 9.43. The summed E-state index contributed by atoms with van der Waals surface area (Å²) in [5, 5.41) is 21.4. The Balaban J connectivity index is 1.72. The summed E-state index contributed by atoms with van der Waals surface area (Å²) >= 11 is 0. The van der Waals surface area contributed by atoms with Gasteiger partial charge in [0.15, 0.2) is 5.78 Å². The third kappa shape index (κ3) is 1.89. The van der Waals surface area contributed by atoms with E-state index in [0.717, 1.165) is 12.8 Å². The quantitative estimate of drug-likeness (QED) is 0.723. The Morgan fingerprint density at radius 1 is 1.12 bits per heavy atom. The summed E-state index contributed by atoms with van der Waals surface area (Å²) in [6.07, 6.45) is 8.51. The zero-order valence-corrected chi connectivity index (χ0v) is 15.1. The van der Waals surface area contributed by atoms with Gasteiger partial charge in [0.25, 0.3) is 0 Å². The lowest BCUT2D eigenvalue weighted by Crippen LogP contribution is -2.67. The largest absolute Gasteiger partial charge is 0.393 e. The minimum Gasteiger partial charge on any atom is -0.393 e. The van der Waals surface area contributed by atoms with E-state index >= 15 is 0 Å². The van der Waals surface area contributed by atoms with E-state index in [1.807, 2.05) is 0 Å². The lowest BCUT2D eigenvalue weighted by molar-refractivity contribution is -0.212. The van der Waals surface area contributed by atoms with Crippen LogP contribution in [0, 0.1) is 34.5 Å². The second-order valence-corrected chi connectivity index (χ2v) is 9.64. The fourth-order valence-corrected chi connectivity index (χ4v) is 7.45. The molecule has 0 aromatic rings. The summed E-state index contributed by atoms with van der Waals surface area (Å²) < 4.78 is 0. The van der Waals surface area contributed by atoms with Crippen molar-refractivity contribution in [2.75, 3.05) is 0 Å². The van der Waals surface area contributed by atoms with Gasteiger partial charge in [-0.15, -0.1) is 6.58 Å². The van der Waals surface area contributed by atoms with Gasteiger partial charge in [0.1, 0.15) is 5.60 Å². The summed E-state index contributed by atoms with van der Waals surface area (Å²) in [5.41, 5.74) is -1.39. The summed E-state index contributed by atoms with van der Waals surface area (Å²) in [7, 11) is 0. The number of rotatable bonds is 1. The number of allylic oxidation sites excluding steroid dienone is 1. The first-order valence-corrected chi connectivity index (χ1v) is 9.82. The van der Waals surface area contributed by atoms with Crippen LogP contribution in [0.2, 0.25) is 0 Å². The molecule has 3 nitrogen and oxygen atoms in total. The van der Waals surface area contributed by atoms with Gasteiger partial charge < -0.3 is 10.2 Å². The molecule has 4 fully saturated rings. The van der Waals surface area contributed by atoms with E-state index in [0.29, 0.717) is 36.5 Å². The molecule has 0 aliphatic heterocycles. The lowest BCUT2D eigenvalue weighted by Gasteiger charge is -2.62. The summed E-state index contributed by atoms with van der Waals surface area (Å²) in [6.45, 7) is 8.61. The molecule has 134 valence electrons. The van der Waals surface area contributed by atoms with Crippen molar-refractivity contribution < 1.29 is 15.0 Å². The van der Waals surface area contributed by atoms with E-state index in [1.54, 1.807) is 0 Å². The SMILES string of the molecule is C=CC1CCC2C3CC(=O)C4(O)CC(O)CCC4(C)C3CCC12C. The van der Waals surface area contributed by atoms with Crippen molar-refractivity contribution in [2.45, 2.75) is 76.9 Å². The van der Waals surface area contributed by atoms with Crippen LogP contribution in [0.25, 0.3) is 0 Å². The Morgan fingerprint density at radius 2 is 1.88 bits per heavy atom. The fraction of sp³-hybridized carbons (Fsp3) is 0.857. The molecule has 0 saturated heterocycles. The van der Waals surface area contributed by atoms with E-state index in [2.05, 4.69) is 26.5 Å². The second-order valence-electron chi connectivity index (χ2n) is 9.64. The number of hydrogen-bond acceptors (Lipinski definition) is 3. The average molecular weight is 332 g/mol. The van der Waals surface area contributed by atoms with E-state index in [1.165, 1.54) is 19.3 Å². The maximum atomic E-state index is 13.0. The van der Waals surface area contributed by atoms with E-state index in [4.69, 9.17) is 0 Å². The van der Waals surface area contributed by atoms with Crippen LogP contribution in [-0.4, -0.2) is 27.7 Å². The molecule has 0 bridgehead atoms. The molecule has 24 heavy (non-hydrogen) atoms. The molecule has 8 atom stereocenters. The maximum Gasteiger partial charge on any atom is 0.165 e. The van der Waals surface area contributed by atoms with Crippen molar-refractivity contribution in [1.82, 2.24) is 0 Å². The van der Waals surface area contributed by atoms with Gasteiger partial charge in [-0.3, -0.25) is 4.79 Å². The third-order valence-corrected chi connectivity index (χ3v) is 8.97. The topological polar surface area (TPSA) is 57.5 Å². The summed E-state index contributed by atoms with van der Waals surface area (Å²) in [5.74, 6) is 1.96. The number of Topliss-reactive ketones (excluding diaryl/α,β-unsaturated/α-hetero) is 1. The molecule has 0 amide bonds. The monoisotopic (exact) mass is 332 g/mol. The number of aliphatic hydroxyl groups is 2. The molecule has 4 saturated carbocycles. The Morgan fingerprint density at radius 3 is 2.58 bits per heavy atom. The van der Waals surface area contributed by atoms with Crippen molar-refractivity contribution in [3.8, 4) is 0 Å². The molecule has 4 aliphatic carbocycles. The molecule has 2 N–H and O–H groups in total. The molecule has 3 heteroatoms. The molecular formula is C21H32O3. The van der Waals surface area contributed by atoms with Crippen molar-refractivity contribution in [3.05, 3.63) is 12.7 Å². The van der Waals surface area contributed by atoms with E-state index in [-0.39, 0.29) is 23.0 Å². The van der Waals surface area contributed by atoms with Crippen molar-refractivity contribution in [1.29, 1.82) is 0 Å². The maximum absolute atomic E-state index is 13.0. The molecular weight excluding hydrogens is 300 g/mol. The number of ketones is 1. The van der Waals surface area contributed by atoms with Crippen molar-refractivity contribution >= 4 is 5.78 Å². The number of fused-ring (bicyclic) bond motifs is 5. The standard InChI is InChI=1S/C21H32O3/c1-4-13-5-6-16-15-11-18(23)21(24)12-14(22)7-10-20(21,3)17(15)8-9-19(13,16)2/h4,13-17,22,24H,1,5-12H2,2-3H3. The minimum absolute atomic E-state index is 0.00342. The Labute approximate surface area is 145 Å². The Kier molecular flexibility index (Phi) is 3.61. The van der Waals surface area contributed by atoms with E-state index in [9.17, 15) is 15.0 Å². The fourth-order valence-electron chi connectivity index (χ4n) is 7.45. The van der Waals surface area contributed by atoms with Crippen LogP contribution in [0.15, 0.2) is 12.7 Å². The predicted octanol–water partition coefficient (Wildman–Crippen LogP) is 3.49. The van der Waals surface area contributed by atoms with Gasteiger partial charge in [-0.25, -0.2) is 0 Å². The molecule has 0 radical (unpaired) electrons.